The first kappa shape index (κ1) is 15.5. The molecule has 4 rings (SSSR count). The van der Waals surface area contributed by atoms with E-state index in [2.05, 4.69) is 19.9 Å². The van der Waals surface area contributed by atoms with Gasteiger partial charge in [-0.15, -0.1) is 0 Å². The first-order valence-corrected chi connectivity index (χ1v) is 7.95. The standard InChI is InChI=1S/C15H17N7O3/c16-13-17-7-9(8-18-13)11-10-1-2-22(15(23)24)12(10)20-14(19-11)21-3-5-25-6-4-21/h7-8H,1-6H2,(H,23,24)(H2,16,17,18). The number of nitrogen functional groups attached to an aromatic ring is 1. The van der Waals surface area contributed by atoms with Gasteiger partial charge in [-0.05, 0) is 6.42 Å². The summed E-state index contributed by atoms with van der Waals surface area (Å²) in [5, 5.41) is 9.45. The molecule has 25 heavy (non-hydrogen) atoms. The summed E-state index contributed by atoms with van der Waals surface area (Å²) in [7, 11) is 0. The number of carbonyl (C=O) groups is 1. The molecule has 4 heterocycles. The summed E-state index contributed by atoms with van der Waals surface area (Å²) in [5.41, 5.74) is 7.69. The van der Waals surface area contributed by atoms with E-state index in [0.29, 0.717) is 62.3 Å². The maximum Gasteiger partial charge on any atom is 0.413 e. The van der Waals surface area contributed by atoms with Gasteiger partial charge in [0.05, 0.1) is 18.9 Å². The highest BCUT2D eigenvalue weighted by atomic mass is 16.5. The van der Waals surface area contributed by atoms with E-state index in [4.69, 9.17) is 10.5 Å². The lowest BCUT2D eigenvalue weighted by molar-refractivity contribution is 0.122. The Bertz CT molecular complexity index is 806. The summed E-state index contributed by atoms with van der Waals surface area (Å²) in [4.78, 5) is 32.0. The molecule has 0 aromatic carbocycles. The average Bonchev–Trinajstić information content (AvgIpc) is 3.07. The predicted molar refractivity (Wildman–Crippen MR) is 89.6 cm³/mol. The maximum absolute atomic E-state index is 11.5. The Balaban J connectivity index is 1.84. The van der Waals surface area contributed by atoms with E-state index in [1.807, 2.05) is 4.90 Å². The van der Waals surface area contributed by atoms with Gasteiger partial charge in [-0.2, -0.15) is 4.98 Å². The molecule has 1 fully saturated rings. The topological polar surface area (TPSA) is 131 Å². The minimum absolute atomic E-state index is 0.176. The quantitative estimate of drug-likeness (QED) is 0.795. The molecule has 0 saturated carbocycles. The summed E-state index contributed by atoms with van der Waals surface area (Å²) in [6, 6.07) is 0. The van der Waals surface area contributed by atoms with Crippen molar-refractivity contribution in [3.8, 4) is 11.3 Å². The minimum Gasteiger partial charge on any atom is -0.465 e. The van der Waals surface area contributed by atoms with E-state index in [1.54, 1.807) is 12.4 Å². The van der Waals surface area contributed by atoms with Crippen LogP contribution < -0.4 is 15.5 Å². The van der Waals surface area contributed by atoms with Gasteiger partial charge in [-0.25, -0.2) is 19.7 Å². The number of nitrogens with zero attached hydrogens (tertiary/aromatic N) is 6. The smallest absolute Gasteiger partial charge is 0.413 e. The SMILES string of the molecule is Nc1ncc(-c2nc(N3CCOCC3)nc3c2CCN3C(=O)O)cn1. The van der Waals surface area contributed by atoms with Crippen molar-refractivity contribution in [2.75, 3.05) is 48.4 Å². The van der Waals surface area contributed by atoms with Crippen LogP contribution in [-0.4, -0.2) is 64.0 Å². The Kier molecular flexibility index (Phi) is 3.80. The molecule has 1 saturated heterocycles. The first-order valence-electron chi connectivity index (χ1n) is 7.95. The fourth-order valence-corrected chi connectivity index (χ4v) is 3.03. The van der Waals surface area contributed by atoms with Gasteiger partial charge in [0.1, 0.15) is 5.82 Å². The molecule has 2 aromatic rings. The molecule has 2 aliphatic heterocycles. The third kappa shape index (κ3) is 2.80. The third-order valence-electron chi connectivity index (χ3n) is 4.28. The maximum atomic E-state index is 11.5. The van der Waals surface area contributed by atoms with Crippen molar-refractivity contribution < 1.29 is 14.6 Å². The second kappa shape index (κ2) is 6.13. The number of hydrogen-bond acceptors (Lipinski definition) is 8. The van der Waals surface area contributed by atoms with Crippen LogP contribution in [0.5, 0.6) is 0 Å². The molecular formula is C15H17N7O3. The molecular weight excluding hydrogens is 326 g/mol. The number of carboxylic acid groups (broad SMARTS) is 1. The van der Waals surface area contributed by atoms with Crippen LogP contribution in [0.2, 0.25) is 0 Å². The number of anilines is 3. The van der Waals surface area contributed by atoms with Crippen LogP contribution in [0, 0.1) is 0 Å². The van der Waals surface area contributed by atoms with Crippen LogP contribution in [-0.2, 0) is 11.2 Å². The van der Waals surface area contributed by atoms with Crippen LogP contribution in [0.15, 0.2) is 12.4 Å². The fourth-order valence-electron chi connectivity index (χ4n) is 3.03. The van der Waals surface area contributed by atoms with Crippen molar-refractivity contribution in [1.29, 1.82) is 0 Å². The molecule has 130 valence electrons. The van der Waals surface area contributed by atoms with Gasteiger partial charge in [0.15, 0.2) is 0 Å². The van der Waals surface area contributed by atoms with E-state index >= 15 is 0 Å². The lowest BCUT2D eigenvalue weighted by atomic mass is 10.1. The summed E-state index contributed by atoms with van der Waals surface area (Å²) in [6.45, 7) is 2.84. The minimum atomic E-state index is -1.02. The molecule has 10 nitrogen and oxygen atoms in total. The molecule has 1 amide bonds. The molecule has 0 atom stereocenters. The van der Waals surface area contributed by atoms with Crippen LogP contribution in [0.25, 0.3) is 11.3 Å². The number of rotatable bonds is 2. The van der Waals surface area contributed by atoms with Crippen molar-refractivity contribution in [3.63, 3.8) is 0 Å². The van der Waals surface area contributed by atoms with E-state index in [-0.39, 0.29) is 5.95 Å². The molecule has 0 unspecified atom stereocenters. The van der Waals surface area contributed by atoms with Gasteiger partial charge < -0.3 is 20.5 Å². The highest BCUT2D eigenvalue weighted by molar-refractivity contribution is 5.89. The van der Waals surface area contributed by atoms with Crippen molar-refractivity contribution in [3.05, 3.63) is 18.0 Å². The van der Waals surface area contributed by atoms with E-state index in [9.17, 15) is 9.90 Å². The molecule has 10 heteroatoms. The van der Waals surface area contributed by atoms with Crippen LogP contribution in [0.1, 0.15) is 5.56 Å². The van der Waals surface area contributed by atoms with Crippen molar-refractivity contribution in [2.24, 2.45) is 0 Å². The van der Waals surface area contributed by atoms with E-state index in [1.165, 1.54) is 4.90 Å². The normalized spacial score (nSPS) is 16.8. The van der Waals surface area contributed by atoms with E-state index < -0.39 is 6.09 Å². The van der Waals surface area contributed by atoms with Gasteiger partial charge in [-0.1, -0.05) is 0 Å². The second-order valence-corrected chi connectivity index (χ2v) is 5.79. The largest absolute Gasteiger partial charge is 0.465 e. The summed E-state index contributed by atoms with van der Waals surface area (Å²) in [6.07, 6.45) is 2.71. The van der Waals surface area contributed by atoms with Gasteiger partial charge >= 0.3 is 6.09 Å². The predicted octanol–water partition coefficient (Wildman–Crippen LogP) is 0.393. The van der Waals surface area contributed by atoms with Crippen molar-refractivity contribution >= 4 is 23.8 Å². The van der Waals surface area contributed by atoms with Crippen molar-refractivity contribution in [1.82, 2.24) is 19.9 Å². The zero-order valence-corrected chi connectivity index (χ0v) is 13.4. The molecule has 2 aliphatic rings. The summed E-state index contributed by atoms with van der Waals surface area (Å²) in [5.74, 6) is 1.09. The lowest BCUT2D eigenvalue weighted by Gasteiger charge is -2.28. The van der Waals surface area contributed by atoms with Gasteiger partial charge in [0, 0.05) is 43.2 Å². The molecule has 3 N–H and O–H groups in total. The van der Waals surface area contributed by atoms with Gasteiger partial charge in [0.25, 0.3) is 0 Å². The number of aromatic nitrogens is 4. The number of amides is 1. The highest BCUT2D eigenvalue weighted by Crippen LogP contribution is 2.35. The second-order valence-electron chi connectivity index (χ2n) is 5.79. The third-order valence-corrected chi connectivity index (χ3v) is 4.28. The zero-order chi connectivity index (χ0) is 17.4. The Morgan fingerprint density at radius 1 is 1.16 bits per heavy atom. The van der Waals surface area contributed by atoms with Crippen molar-refractivity contribution in [2.45, 2.75) is 6.42 Å². The molecule has 0 aliphatic carbocycles. The first-order chi connectivity index (χ1) is 12.1. The Morgan fingerprint density at radius 3 is 2.56 bits per heavy atom. The lowest BCUT2D eigenvalue weighted by Crippen LogP contribution is -2.38. The Morgan fingerprint density at radius 2 is 1.88 bits per heavy atom. The molecule has 0 bridgehead atoms. The monoisotopic (exact) mass is 343 g/mol. The van der Waals surface area contributed by atoms with Crippen LogP contribution in [0.4, 0.5) is 22.5 Å². The summed E-state index contributed by atoms with van der Waals surface area (Å²) < 4.78 is 5.37. The molecule has 0 radical (unpaired) electrons. The Hall–Kier alpha value is -3.01. The highest BCUT2D eigenvalue weighted by Gasteiger charge is 2.31. The number of nitrogens with two attached hydrogens (primary N) is 1. The molecule has 0 spiro atoms. The van der Waals surface area contributed by atoms with Gasteiger partial charge in [-0.3, -0.25) is 4.90 Å². The zero-order valence-electron chi connectivity index (χ0n) is 13.4. The van der Waals surface area contributed by atoms with Crippen LogP contribution >= 0.6 is 0 Å². The summed E-state index contributed by atoms with van der Waals surface area (Å²) >= 11 is 0. The molecule has 2 aromatic heterocycles. The number of fused-ring (bicyclic) bond motifs is 1. The Labute approximate surface area is 143 Å². The number of morpholine rings is 1. The van der Waals surface area contributed by atoms with Gasteiger partial charge in [0.2, 0.25) is 11.9 Å². The number of hydrogen-bond donors (Lipinski definition) is 2. The van der Waals surface area contributed by atoms with E-state index in [0.717, 1.165) is 5.56 Å². The average molecular weight is 343 g/mol. The fraction of sp³-hybridized carbons (Fsp3) is 0.400. The number of ether oxygens (including phenoxy) is 1. The van der Waals surface area contributed by atoms with Crippen LogP contribution in [0.3, 0.4) is 0 Å².